The van der Waals surface area contributed by atoms with E-state index in [1.165, 1.54) is 0 Å². The van der Waals surface area contributed by atoms with E-state index in [4.69, 9.17) is 0 Å². The Morgan fingerprint density at radius 1 is 0.500 bits per heavy atom. The van der Waals surface area contributed by atoms with E-state index in [0.29, 0.717) is 0 Å². The van der Waals surface area contributed by atoms with Gasteiger partial charge in [0, 0.05) is 0 Å². The lowest BCUT2D eigenvalue weighted by atomic mass is 10.1. The highest BCUT2D eigenvalue weighted by Gasteiger charge is 2.38. The molecular weight excluding hydrogens is 504 g/mol. The number of carbonyl (C=O) groups is 1. The molecule has 2 aromatic rings. The molecule has 188 valence electrons. The molecule has 0 radical (unpaired) electrons. The van der Waals surface area contributed by atoms with E-state index in [1.807, 2.05) is 0 Å². The summed E-state index contributed by atoms with van der Waals surface area (Å²) in [6.45, 7) is -2.38. The fourth-order valence-corrected chi connectivity index (χ4v) is 2.39. The van der Waals surface area contributed by atoms with Crippen molar-refractivity contribution in [2.24, 2.45) is 0 Å². The van der Waals surface area contributed by atoms with Crippen LogP contribution >= 0.6 is 0 Å². The van der Waals surface area contributed by atoms with E-state index in [9.17, 15) is 57.5 Å². The van der Waals surface area contributed by atoms with Crippen LogP contribution in [0.15, 0.2) is 36.4 Å². The first-order valence-corrected chi connectivity index (χ1v) is 8.63. The first kappa shape index (κ1) is 27.1. The summed E-state index contributed by atoms with van der Waals surface area (Å²) in [7, 11) is 0. The molecule has 15 heteroatoms. The molecule has 0 saturated heterocycles. The first-order chi connectivity index (χ1) is 15.3. The zero-order valence-corrected chi connectivity index (χ0v) is 16.1. The smallest absolute Gasteiger partial charge is 0.416 e. The average Bonchev–Trinajstić information content (AvgIpc) is 2.67. The van der Waals surface area contributed by atoms with E-state index < -0.39 is 77.5 Å². The van der Waals surface area contributed by atoms with Crippen LogP contribution in [0.4, 0.5) is 52.7 Å². The summed E-state index contributed by atoms with van der Waals surface area (Å²) in [6, 6.07) is 0.308. The second kappa shape index (κ2) is 9.25. The largest absolute Gasteiger partial charge is 0.486 e. The Hall–Kier alpha value is -3.13. The highest BCUT2D eigenvalue weighted by atomic mass is 19.4. The summed E-state index contributed by atoms with van der Waals surface area (Å²) in [5.41, 5.74) is -6.93. The lowest BCUT2D eigenvalue weighted by Gasteiger charge is -2.15. The molecule has 0 atom stereocenters. The Balaban J connectivity index is 2.15. The number of carbonyl (C=O) groups excluding carboxylic acids is 1. The van der Waals surface area contributed by atoms with Gasteiger partial charge in [-0.05, 0) is 36.4 Å². The number of benzene rings is 2. The lowest BCUT2D eigenvalue weighted by molar-refractivity contribution is -0.144. The summed E-state index contributed by atoms with van der Waals surface area (Å²) in [6.07, 6.45) is -20.8. The Labute approximate surface area is 181 Å². The second-order valence-electron chi connectivity index (χ2n) is 6.60. The van der Waals surface area contributed by atoms with Crippen LogP contribution in [0.1, 0.15) is 22.3 Å². The molecule has 0 spiro atoms. The number of ether oxygens (including phenoxy) is 2. The number of rotatable bonds is 6. The van der Waals surface area contributed by atoms with Gasteiger partial charge < -0.3 is 9.47 Å². The molecule has 0 heterocycles. The van der Waals surface area contributed by atoms with Crippen molar-refractivity contribution in [3.8, 4) is 11.5 Å². The van der Waals surface area contributed by atoms with E-state index >= 15 is 0 Å². The summed E-state index contributed by atoms with van der Waals surface area (Å²) in [5, 5.41) is 0. The minimum Gasteiger partial charge on any atom is -0.486 e. The summed E-state index contributed by atoms with van der Waals surface area (Å²) >= 11 is 0. The van der Waals surface area contributed by atoms with Crippen molar-refractivity contribution >= 4 is 5.78 Å². The standard InChI is InChI=1S/C19H10F12O3/c20-16(21,22)9-1-10(17(23,24)25)4-14(3-9)33-7-13(32)8-34-15-5-11(18(26,27)28)2-12(6-15)19(29,30)31/h1-6H,7-8H2. The SMILES string of the molecule is O=C(COc1cc(C(F)(F)F)cc(C(F)(F)F)c1)COc1cc(C(F)(F)F)cc(C(F)(F)F)c1. The van der Waals surface area contributed by atoms with Gasteiger partial charge in [-0.3, -0.25) is 4.79 Å². The molecule has 0 aliphatic heterocycles. The van der Waals surface area contributed by atoms with Gasteiger partial charge in [0.15, 0.2) is 0 Å². The molecule has 0 aromatic heterocycles. The molecule has 2 aromatic carbocycles. The zero-order chi connectivity index (χ0) is 26.1. The molecule has 0 aliphatic rings. The first-order valence-electron chi connectivity index (χ1n) is 8.63. The molecule has 2 rings (SSSR count). The second-order valence-corrected chi connectivity index (χ2v) is 6.60. The Morgan fingerprint density at radius 2 is 0.735 bits per heavy atom. The molecule has 0 fully saturated rings. The molecule has 0 saturated carbocycles. The Bertz CT molecular complexity index is 887. The van der Waals surface area contributed by atoms with Crippen molar-refractivity contribution < 1.29 is 67.0 Å². The van der Waals surface area contributed by atoms with E-state index in [-0.39, 0.29) is 36.4 Å². The third-order valence-corrected chi connectivity index (χ3v) is 3.92. The van der Waals surface area contributed by atoms with Crippen LogP contribution in [0.25, 0.3) is 0 Å². The van der Waals surface area contributed by atoms with E-state index in [0.717, 1.165) is 0 Å². The van der Waals surface area contributed by atoms with Gasteiger partial charge in [0.1, 0.15) is 24.7 Å². The fraction of sp³-hybridized carbons (Fsp3) is 0.316. The quantitative estimate of drug-likeness (QED) is 0.399. The molecule has 0 unspecified atom stereocenters. The number of alkyl halides is 12. The number of hydrogen-bond acceptors (Lipinski definition) is 3. The van der Waals surface area contributed by atoms with Crippen molar-refractivity contribution in [2.75, 3.05) is 13.2 Å². The van der Waals surface area contributed by atoms with Gasteiger partial charge >= 0.3 is 24.7 Å². The van der Waals surface area contributed by atoms with Gasteiger partial charge in [0.2, 0.25) is 5.78 Å². The van der Waals surface area contributed by atoms with Gasteiger partial charge in [-0.2, -0.15) is 52.7 Å². The highest BCUT2D eigenvalue weighted by Crippen LogP contribution is 2.39. The van der Waals surface area contributed by atoms with Gasteiger partial charge in [-0.25, -0.2) is 0 Å². The molecule has 3 nitrogen and oxygen atoms in total. The number of Topliss-reactive ketones (excluding diaryl/α,β-unsaturated/α-hetero) is 1. The van der Waals surface area contributed by atoms with Crippen LogP contribution in [0, 0.1) is 0 Å². The minimum absolute atomic E-state index is 0.172. The Kier molecular flexibility index (Phi) is 7.38. The number of ketones is 1. The van der Waals surface area contributed by atoms with Crippen LogP contribution in [0.5, 0.6) is 11.5 Å². The third kappa shape index (κ3) is 7.45. The van der Waals surface area contributed by atoms with E-state index in [2.05, 4.69) is 9.47 Å². The minimum atomic E-state index is -5.19. The normalized spacial score (nSPS) is 13.1. The predicted octanol–water partition coefficient (Wildman–Crippen LogP) is 6.79. The van der Waals surface area contributed by atoms with Crippen LogP contribution < -0.4 is 9.47 Å². The molecular formula is C19H10F12O3. The lowest BCUT2D eigenvalue weighted by Crippen LogP contribution is -2.20. The summed E-state index contributed by atoms with van der Waals surface area (Å²) < 4.78 is 163. The number of halogens is 12. The van der Waals surface area contributed by atoms with Gasteiger partial charge in [0.05, 0.1) is 22.3 Å². The van der Waals surface area contributed by atoms with E-state index in [1.54, 1.807) is 0 Å². The van der Waals surface area contributed by atoms with Crippen molar-refractivity contribution in [3.63, 3.8) is 0 Å². The van der Waals surface area contributed by atoms with Crippen molar-refractivity contribution in [3.05, 3.63) is 58.7 Å². The maximum atomic E-state index is 12.8. The zero-order valence-electron chi connectivity index (χ0n) is 16.1. The number of hydrogen-bond donors (Lipinski definition) is 0. The van der Waals surface area contributed by atoms with Crippen LogP contribution in [0.3, 0.4) is 0 Å². The summed E-state index contributed by atoms with van der Waals surface area (Å²) in [5.74, 6) is -3.22. The predicted molar refractivity (Wildman–Crippen MR) is 88.9 cm³/mol. The van der Waals surface area contributed by atoms with Crippen LogP contribution in [0.2, 0.25) is 0 Å². The topological polar surface area (TPSA) is 35.5 Å². The summed E-state index contributed by atoms with van der Waals surface area (Å²) in [4.78, 5) is 11.8. The van der Waals surface area contributed by atoms with Gasteiger partial charge in [0.25, 0.3) is 0 Å². The Morgan fingerprint density at radius 3 is 0.941 bits per heavy atom. The van der Waals surface area contributed by atoms with Gasteiger partial charge in [-0.1, -0.05) is 0 Å². The maximum Gasteiger partial charge on any atom is 0.416 e. The molecule has 0 amide bonds. The molecule has 0 aliphatic carbocycles. The molecule has 34 heavy (non-hydrogen) atoms. The van der Waals surface area contributed by atoms with Crippen molar-refractivity contribution in [1.29, 1.82) is 0 Å². The molecule has 0 N–H and O–H groups in total. The monoisotopic (exact) mass is 514 g/mol. The van der Waals surface area contributed by atoms with Crippen LogP contribution in [-0.4, -0.2) is 19.0 Å². The van der Waals surface area contributed by atoms with Crippen molar-refractivity contribution in [1.82, 2.24) is 0 Å². The van der Waals surface area contributed by atoms with Crippen molar-refractivity contribution in [2.45, 2.75) is 24.7 Å². The molecule has 0 bridgehead atoms. The highest BCUT2D eigenvalue weighted by molar-refractivity contribution is 5.81. The fourth-order valence-electron chi connectivity index (χ4n) is 2.39. The van der Waals surface area contributed by atoms with Gasteiger partial charge in [-0.15, -0.1) is 0 Å². The van der Waals surface area contributed by atoms with Crippen LogP contribution in [-0.2, 0) is 29.5 Å². The average molecular weight is 514 g/mol. The maximum absolute atomic E-state index is 12.8. The third-order valence-electron chi connectivity index (χ3n) is 3.92.